The van der Waals surface area contributed by atoms with Gasteiger partial charge in [-0.2, -0.15) is 0 Å². The minimum Gasteiger partial charge on any atom is -0.492 e. The predicted octanol–water partition coefficient (Wildman–Crippen LogP) is 4.09. The molecule has 0 bridgehead atoms. The first kappa shape index (κ1) is 20.0. The smallest absolute Gasteiger partial charge is 0.262 e. The van der Waals surface area contributed by atoms with Crippen molar-refractivity contribution in [2.45, 2.75) is 18.2 Å². The van der Waals surface area contributed by atoms with Crippen molar-refractivity contribution in [3.8, 4) is 5.75 Å². The van der Waals surface area contributed by atoms with E-state index in [4.69, 9.17) is 4.74 Å². The highest BCUT2D eigenvalue weighted by Gasteiger charge is 2.27. The summed E-state index contributed by atoms with van der Waals surface area (Å²) in [5, 5.41) is 0. The number of ether oxygens (including phenoxy) is 1. The molecule has 1 amide bonds. The van der Waals surface area contributed by atoms with Crippen LogP contribution in [0.25, 0.3) is 0 Å². The molecule has 1 heterocycles. The second-order valence-electron chi connectivity index (χ2n) is 6.90. The van der Waals surface area contributed by atoms with Gasteiger partial charge in [0.25, 0.3) is 15.9 Å². The summed E-state index contributed by atoms with van der Waals surface area (Å²) in [6.45, 7) is 2.80. The molecule has 0 radical (unpaired) electrons. The first-order valence-corrected chi connectivity index (χ1v) is 11.2. The van der Waals surface area contributed by atoms with Gasteiger partial charge in [-0.3, -0.25) is 9.52 Å². The number of fused-ring (bicyclic) bond motifs is 1. The van der Waals surface area contributed by atoms with Crippen LogP contribution in [0.5, 0.6) is 5.75 Å². The van der Waals surface area contributed by atoms with E-state index in [2.05, 4.69) is 4.72 Å². The summed E-state index contributed by atoms with van der Waals surface area (Å²) < 4.78 is 34.0. The number of rotatable bonds is 6. The Balaban J connectivity index is 1.60. The van der Waals surface area contributed by atoms with Crippen molar-refractivity contribution in [2.75, 3.05) is 22.8 Å². The van der Waals surface area contributed by atoms with Crippen LogP contribution in [0.2, 0.25) is 0 Å². The van der Waals surface area contributed by atoms with Gasteiger partial charge in [0.05, 0.1) is 17.2 Å². The van der Waals surface area contributed by atoms with Gasteiger partial charge in [-0.15, -0.1) is 0 Å². The molecular formula is C23H22N2O4S. The highest BCUT2D eigenvalue weighted by atomic mass is 32.2. The molecule has 0 aromatic heterocycles. The van der Waals surface area contributed by atoms with Crippen LogP contribution in [0.15, 0.2) is 77.7 Å². The number of para-hydroxylation sites is 2. The quantitative estimate of drug-likeness (QED) is 0.649. The van der Waals surface area contributed by atoms with E-state index in [-0.39, 0.29) is 10.8 Å². The molecule has 6 nitrogen and oxygen atoms in total. The van der Waals surface area contributed by atoms with Crippen molar-refractivity contribution in [1.29, 1.82) is 0 Å². The van der Waals surface area contributed by atoms with Gasteiger partial charge in [-0.25, -0.2) is 8.42 Å². The topological polar surface area (TPSA) is 75.7 Å². The number of carbonyl (C=O) groups is 1. The van der Waals surface area contributed by atoms with Crippen LogP contribution in [0.1, 0.15) is 22.8 Å². The van der Waals surface area contributed by atoms with Crippen molar-refractivity contribution in [2.24, 2.45) is 0 Å². The number of hydrogen-bond donors (Lipinski definition) is 1. The summed E-state index contributed by atoms with van der Waals surface area (Å²) in [6, 6.07) is 20.9. The average molecular weight is 423 g/mol. The van der Waals surface area contributed by atoms with Crippen molar-refractivity contribution < 1.29 is 17.9 Å². The largest absolute Gasteiger partial charge is 0.492 e. The number of anilines is 2. The lowest BCUT2D eigenvalue weighted by atomic mass is 10.1. The van der Waals surface area contributed by atoms with Gasteiger partial charge in [0.15, 0.2) is 0 Å². The van der Waals surface area contributed by atoms with Crippen LogP contribution in [0, 0.1) is 0 Å². The molecule has 0 fully saturated rings. The molecule has 0 atom stereocenters. The van der Waals surface area contributed by atoms with E-state index in [1.165, 1.54) is 6.07 Å². The number of nitrogens with zero attached hydrogens (tertiary/aromatic N) is 1. The SMILES string of the molecule is CCOc1ccccc1NS(=O)(=O)c1ccc2c(c1)CCN2C(=O)c1ccccc1. The van der Waals surface area contributed by atoms with Crippen molar-refractivity contribution >= 4 is 27.3 Å². The second kappa shape index (κ2) is 8.20. The molecule has 1 aliphatic heterocycles. The zero-order valence-corrected chi connectivity index (χ0v) is 17.4. The molecule has 3 aromatic rings. The Morgan fingerprint density at radius 1 is 1.03 bits per heavy atom. The van der Waals surface area contributed by atoms with E-state index in [1.807, 2.05) is 25.1 Å². The monoisotopic (exact) mass is 422 g/mol. The maximum Gasteiger partial charge on any atom is 0.262 e. The summed E-state index contributed by atoms with van der Waals surface area (Å²) in [5.74, 6) is 0.387. The van der Waals surface area contributed by atoms with E-state index >= 15 is 0 Å². The zero-order valence-electron chi connectivity index (χ0n) is 16.5. The van der Waals surface area contributed by atoms with E-state index in [1.54, 1.807) is 53.4 Å². The summed E-state index contributed by atoms with van der Waals surface area (Å²) in [5.41, 5.74) is 2.58. The Morgan fingerprint density at radius 2 is 1.77 bits per heavy atom. The van der Waals surface area contributed by atoms with Gasteiger partial charge >= 0.3 is 0 Å². The number of benzene rings is 3. The standard InChI is InChI=1S/C23H22N2O4S/c1-2-29-22-11-7-6-10-20(22)24-30(27,28)19-12-13-21-18(16-19)14-15-25(21)23(26)17-8-4-3-5-9-17/h3-13,16,24H,2,14-15H2,1H3. The molecule has 0 saturated carbocycles. The molecule has 154 valence electrons. The normalized spacial score (nSPS) is 13.0. The third-order valence-corrected chi connectivity index (χ3v) is 6.32. The van der Waals surface area contributed by atoms with E-state index in [9.17, 15) is 13.2 Å². The van der Waals surface area contributed by atoms with E-state index in [0.717, 1.165) is 11.3 Å². The Hall–Kier alpha value is -3.32. The van der Waals surface area contributed by atoms with E-state index < -0.39 is 10.0 Å². The predicted molar refractivity (Wildman–Crippen MR) is 117 cm³/mol. The van der Waals surface area contributed by atoms with Gasteiger partial charge in [-0.1, -0.05) is 30.3 Å². The summed E-state index contributed by atoms with van der Waals surface area (Å²) in [6.07, 6.45) is 0.604. The highest BCUT2D eigenvalue weighted by Crippen LogP contribution is 2.33. The number of carbonyl (C=O) groups excluding carboxylic acids is 1. The number of amides is 1. The van der Waals surface area contributed by atoms with Crippen molar-refractivity contribution in [3.05, 3.63) is 83.9 Å². The van der Waals surface area contributed by atoms with Crippen molar-refractivity contribution in [3.63, 3.8) is 0 Å². The summed E-state index contributed by atoms with van der Waals surface area (Å²) in [7, 11) is -3.80. The lowest BCUT2D eigenvalue weighted by molar-refractivity contribution is 0.0989. The van der Waals surface area contributed by atoms with Gasteiger partial charge < -0.3 is 9.64 Å². The third kappa shape index (κ3) is 3.89. The molecule has 1 aliphatic rings. The van der Waals surface area contributed by atoms with Crippen LogP contribution >= 0.6 is 0 Å². The molecular weight excluding hydrogens is 400 g/mol. The molecule has 0 saturated heterocycles. The maximum atomic E-state index is 12.9. The van der Waals surface area contributed by atoms with Crippen molar-refractivity contribution in [1.82, 2.24) is 0 Å². The Bertz CT molecular complexity index is 1180. The fraction of sp³-hybridized carbons (Fsp3) is 0.174. The molecule has 3 aromatic carbocycles. The van der Waals surface area contributed by atoms with Gasteiger partial charge in [0, 0.05) is 17.8 Å². The van der Waals surface area contributed by atoms with Crippen LogP contribution in [0.4, 0.5) is 11.4 Å². The van der Waals surface area contributed by atoms with Gasteiger partial charge in [-0.05, 0) is 61.4 Å². The number of sulfonamides is 1. The van der Waals surface area contributed by atoms with Crippen LogP contribution < -0.4 is 14.4 Å². The molecule has 7 heteroatoms. The fourth-order valence-corrected chi connectivity index (χ4v) is 4.65. The molecule has 0 spiro atoms. The maximum absolute atomic E-state index is 12.9. The summed E-state index contributed by atoms with van der Waals surface area (Å²) >= 11 is 0. The first-order valence-electron chi connectivity index (χ1n) is 9.74. The number of nitrogens with one attached hydrogen (secondary N) is 1. The highest BCUT2D eigenvalue weighted by molar-refractivity contribution is 7.92. The van der Waals surface area contributed by atoms with Gasteiger partial charge in [0.1, 0.15) is 5.75 Å². The third-order valence-electron chi connectivity index (χ3n) is 4.95. The molecule has 4 rings (SSSR count). The van der Waals surface area contributed by atoms with Crippen LogP contribution in [-0.4, -0.2) is 27.5 Å². The van der Waals surface area contributed by atoms with Crippen LogP contribution in [-0.2, 0) is 16.4 Å². The summed E-state index contributed by atoms with van der Waals surface area (Å²) in [4.78, 5) is 14.7. The molecule has 30 heavy (non-hydrogen) atoms. The Morgan fingerprint density at radius 3 is 2.53 bits per heavy atom. The Labute approximate surface area is 176 Å². The minimum atomic E-state index is -3.80. The zero-order chi connectivity index (χ0) is 21.1. The molecule has 0 aliphatic carbocycles. The van der Waals surface area contributed by atoms with Gasteiger partial charge in [0.2, 0.25) is 0 Å². The first-order chi connectivity index (χ1) is 14.5. The number of hydrogen-bond acceptors (Lipinski definition) is 4. The van der Waals surface area contributed by atoms with Crippen LogP contribution in [0.3, 0.4) is 0 Å². The lowest BCUT2D eigenvalue weighted by Crippen LogP contribution is -2.28. The second-order valence-corrected chi connectivity index (χ2v) is 8.58. The molecule has 1 N–H and O–H groups in total. The lowest BCUT2D eigenvalue weighted by Gasteiger charge is -2.18. The minimum absolute atomic E-state index is 0.0891. The average Bonchev–Trinajstić information content (AvgIpc) is 3.18. The van der Waals surface area contributed by atoms with E-state index in [0.29, 0.717) is 36.6 Å². The Kier molecular flexibility index (Phi) is 5.46. The molecule has 0 unspecified atom stereocenters. The fourth-order valence-electron chi connectivity index (χ4n) is 3.53.